The van der Waals surface area contributed by atoms with Gasteiger partial charge in [-0.1, -0.05) is 0 Å². The molecule has 0 spiro atoms. The molecule has 0 aromatic heterocycles. The van der Waals surface area contributed by atoms with Crippen molar-refractivity contribution in [2.75, 3.05) is 11.9 Å². The molecule has 214 valence electrons. The summed E-state index contributed by atoms with van der Waals surface area (Å²) in [6, 6.07) is 37.1. The third-order valence-electron chi connectivity index (χ3n) is 6.87. The molecule has 0 saturated carbocycles. The Hall–Kier alpha value is -3.98. The molecule has 9 heteroatoms. The Morgan fingerprint density at radius 3 is 2.02 bits per heavy atom. The molecular formula is C33H29NO7Se. The van der Waals surface area contributed by atoms with Gasteiger partial charge in [-0.3, -0.25) is 0 Å². The van der Waals surface area contributed by atoms with Gasteiger partial charge in [-0.05, 0) is 0 Å². The third kappa shape index (κ3) is 6.73. The van der Waals surface area contributed by atoms with Gasteiger partial charge in [0.1, 0.15) is 0 Å². The van der Waals surface area contributed by atoms with Crippen LogP contribution in [-0.2, 0) is 23.7 Å². The van der Waals surface area contributed by atoms with Gasteiger partial charge in [-0.25, -0.2) is 0 Å². The van der Waals surface area contributed by atoms with E-state index in [2.05, 4.69) is 5.32 Å². The zero-order chi connectivity index (χ0) is 28.7. The second-order valence-corrected chi connectivity index (χ2v) is 12.2. The van der Waals surface area contributed by atoms with Crippen LogP contribution in [0.3, 0.4) is 0 Å². The molecular weight excluding hydrogens is 601 g/mol. The Kier molecular flexibility index (Phi) is 8.94. The molecule has 1 unspecified atom stereocenters. The maximum absolute atomic E-state index is 13.4. The van der Waals surface area contributed by atoms with Crippen LogP contribution in [-0.4, -0.2) is 63.0 Å². The van der Waals surface area contributed by atoms with E-state index in [9.17, 15) is 9.59 Å². The first-order valence-electron chi connectivity index (χ1n) is 13.6. The second-order valence-electron chi connectivity index (χ2n) is 9.75. The van der Waals surface area contributed by atoms with Crippen molar-refractivity contribution in [2.24, 2.45) is 0 Å². The summed E-state index contributed by atoms with van der Waals surface area (Å²) in [4.78, 5) is 26.7. The summed E-state index contributed by atoms with van der Waals surface area (Å²) >= 11 is -0.308. The zero-order valence-electron chi connectivity index (χ0n) is 22.5. The summed E-state index contributed by atoms with van der Waals surface area (Å²) in [5.74, 6) is -0.546. The normalized spacial score (nSPS) is 25.0. The van der Waals surface area contributed by atoms with E-state index >= 15 is 0 Å². The van der Waals surface area contributed by atoms with Gasteiger partial charge in [0.25, 0.3) is 0 Å². The number of hydrogen-bond acceptors (Lipinski definition) is 7. The Labute approximate surface area is 250 Å². The van der Waals surface area contributed by atoms with Gasteiger partial charge < -0.3 is 0 Å². The van der Waals surface area contributed by atoms with Crippen LogP contribution in [0.4, 0.5) is 10.5 Å². The van der Waals surface area contributed by atoms with E-state index in [1.807, 2.05) is 84.9 Å². The predicted octanol–water partition coefficient (Wildman–Crippen LogP) is 4.70. The van der Waals surface area contributed by atoms with Crippen molar-refractivity contribution < 1.29 is 33.3 Å². The topological polar surface area (TPSA) is 92.3 Å². The Morgan fingerprint density at radius 1 is 0.714 bits per heavy atom. The van der Waals surface area contributed by atoms with Crippen LogP contribution < -0.4 is 9.78 Å². The number of para-hydroxylation sites is 1. The summed E-state index contributed by atoms with van der Waals surface area (Å²) in [7, 11) is 0. The first kappa shape index (κ1) is 28.2. The van der Waals surface area contributed by atoms with Crippen molar-refractivity contribution in [1.82, 2.24) is 0 Å². The van der Waals surface area contributed by atoms with Gasteiger partial charge in [0.15, 0.2) is 0 Å². The fourth-order valence-electron chi connectivity index (χ4n) is 4.87. The van der Waals surface area contributed by atoms with Gasteiger partial charge in [0.2, 0.25) is 0 Å². The van der Waals surface area contributed by atoms with E-state index in [1.54, 1.807) is 36.4 Å². The molecule has 6 atom stereocenters. The number of carbonyl (C=O) groups excluding carboxylic acids is 2. The molecule has 0 aliphatic carbocycles. The number of nitrogens with one attached hydrogen (secondary N) is 1. The van der Waals surface area contributed by atoms with Crippen molar-refractivity contribution in [2.45, 2.75) is 35.7 Å². The molecule has 4 aromatic rings. The number of hydrogen-bond donors (Lipinski definition) is 1. The summed E-state index contributed by atoms with van der Waals surface area (Å²) in [6.07, 6.45) is -4.63. The van der Waals surface area contributed by atoms with Crippen LogP contribution in [0, 0.1) is 0 Å². The molecule has 1 amide bonds. The van der Waals surface area contributed by atoms with Crippen LogP contribution >= 0.6 is 0 Å². The maximum atomic E-state index is 13.4. The molecule has 2 fully saturated rings. The number of carbonyl (C=O) groups is 2. The summed E-state index contributed by atoms with van der Waals surface area (Å²) in [6.45, 7) is 0.216. The fraction of sp³-hybridized carbons (Fsp3) is 0.212. The van der Waals surface area contributed by atoms with Crippen LogP contribution in [0.1, 0.15) is 22.2 Å². The summed E-state index contributed by atoms with van der Waals surface area (Å²) in [5, 5.41) is 2.18. The number of anilines is 1. The minimum atomic E-state index is -0.969. The van der Waals surface area contributed by atoms with Crippen LogP contribution in [0.15, 0.2) is 121 Å². The van der Waals surface area contributed by atoms with Crippen molar-refractivity contribution in [1.29, 1.82) is 0 Å². The monoisotopic (exact) mass is 631 g/mol. The summed E-state index contributed by atoms with van der Waals surface area (Å²) in [5.41, 5.74) is 1.77. The first-order valence-corrected chi connectivity index (χ1v) is 15.5. The number of benzene rings is 4. The van der Waals surface area contributed by atoms with E-state index in [4.69, 9.17) is 23.7 Å². The van der Waals surface area contributed by atoms with Gasteiger partial charge in [-0.15, -0.1) is 0 Å². The van der Waals surface area contributed by atoms with Crippen molar-refractivity contribution >= 4 is 37.2 Å². The molecule has 2 aliphatic rings. The Bertz CT molecular complexity index is 1460. The van der Waals surface area contributed by atoms with Crippen LogP contribution in [0.25, 0.3) is 0 Å². The first-order chi connectivity index (χ1) is 20.6. The van der Waals surface area contributed by atoms with E-state index < -0.39 is 47.8 Å². The fourth-order valence-corrected chi connectivity index (χ4v) is 7.23. The van der Waals surface area contributed by atoms with Gasteiger partial charge in [0, 0.05) is 0 Å². The number of amides is 1. The van der Waals surface area contributed by atoms with E-state index in [1.165, 1.54) is 0 Å². The average molecular weight is 631 g/mol. The number of rotatable bonds is 7. The second kappa shape index (κ2) is 13.3. The van der Waals surface area contributed by atoms with E-state index in [0.29, 0.717) is 11.3 Å². The molecule has 2 saturated heterocycles. The number of ether oxygens (including phenoxy) is 5. The predicted molar refractivity (Wildman–Crippen MR) is 156 cm³/mol. The Morgan fingerprint density at radius 2 is 1.33 bits per heavy atom. The zero-order valence-corrected chi connectivity index (χ0v) is 24.2. The standard InChI is InChI=1S/C33H29NO7Se/c35-30(22-13-5-1-6-14-22)39-28-27-26(21-37-31(40-27)23-15-7-2-8-16-23)38-32(42-25-19-11-4-12-20-25)29(28)41-33(36)34-24-17-9-3-10-18-24/h1-20,26-29,31-32H,21H2,(H,34,36)/t26-,27-,28+,29-,31?,32+/m1/s1. The molecule has 8 nitrogen and oxygen atoms in total. The molecule has 4 aromatic carbocycles. The average Bonchev–Trinajstić information content (AvgIpc) is 3.04. The SMILES string of the molecule is O=C(Nc1ccccc1)O[C@@H]1[C@@H](OC(=O)c2ccccc2)[C@@H]2OC(c3ccccc3)OC[C@H]2O[C@H]1[Se]c1ccccc1. The molecule has 42 heavy (non-hydrogen) atoms. The van der Waals surface area contributed by atoms with Gasteiger partial charge >= 0.3 is 251 Å². The number of esters is 1. The molecule has 0 radical (unpaired) electrons. The van der Waals surface area contributed by atoms with Gasteiger partial charge in [0.05, 0.1) is 0 Å². The molecule has 1 N–H and O–H groups in total. The quantitative estimate of drug-likeness (QED) is 0.234. The van der Waals surface area contributed by atoms with Crippen molar-refractivity contribution in [3.8, 4) is 0 Å². The molecule has 6 rings (SSSR count). The molecule has 0 bridgehead atoms. The third-order valence-corrected chi connectivity index (χ3v) is 9.29. The van der Waals surface area contributed by atoms with Crippen LogP contribution in [0.5, 0.6) is 0 Å². The van der Waals surface area contributed by atoms with Crippen LogP contribution in [0.2, 0.25) is 0 Å². The van der Waals surface area contributed by atoms with E-state index in [0.717, 1.165) is 10.0 Å². The van der Waals surface area contributed by atoms with Crippen molar-refractivity contribution in [3.63, 3.8) is 0 Å². The van der Waals surface area contributed by atoms with Crippen molar-refractivity contribution in [3.05, 3.63) is 132 Å². The Balaban J connectivity index is 1.33. The number of fused-ring (bicyclic) bond motifs is 1. The minimum absolute atomic E-state index is 0.216. The van der Waals surface area contributed by atoms with Gasteiger partial charge in [-0.2, -0.15) is 0 Å². The summed E-state index contributed by atoms with van der Waals surface area (Å²) < 4.78 is 32.3. The molecule has 2 aliphatic heterocycles. The molecule has 2 heterocycles. The van der Waals surface area contributed by atoms with E-state index in [-0.39, 0.29) is 21.6 Å².